The van der Waals surface area contributed by atoms with Crippen molar-refractivity contribution in [1.82, 2.24) is 19.6 Å². The van der Waals surface area contributed by atoms with Gasteiger partial charge in [0.15, 0.2) is 0 Å². The molecule has 1 aromatic heterocycles. The van der Waals surface area contributed by atoms with Crippen LogP contribution in [0.5, 0.6) is 0 Å². The van der Waals surface area contributed by atoms with Crippen LogP contribution in [0.15, 0.2) is 30.6 Å². The molecule has 1 unspecified atom stereocenters. The number of hydrogen-bond donors (Lipinski definition) is 0. The number of hydrogen-bond acceptors (Lipinski definition) is 3. The van der Waals surface area contributed by atoms with Crippen LogP contribution in [0.25, 0.3) is 0 Å². The lowest BCUT2D eigenvalue weighted by atomic mass is 10.1. The minimum Gasteiger partial charge on any atom is -0.338 e. The Labute approximate surface area is 168 Å². The van der Waals surface area contributed by atoms with Crippen molar-refractivity contribution < 1.29 is 4.79 Å². The summed E-state index contributed by atoms with van der Waals surface area (Å²) in [6.45, 7) is 5.73. The molecular weight excluding hydrogens is 395 g/mol. The van der Waals surface area contributed by atoms with E-state index in [0.29, 0.717) is 34.6 Å². The molecule has 1 aliphatic rings. The number of rotatable bonds is 5. The molecule has 2 heterocycles. The number of carbonyl (C=O) groups excluding carboxylic acids is 1. The number of benzene rings is 1. The quantitative estimate of drug-likeness (QED) is 0.737. The molecule has 1 saturated heterocycles. The maximum absolute atomic E-state index is 12.9. The topological polar surface area (TPSA) is 41.4 Å². The van der Waals surface area contributed by atoms with E-state index in [-0.39, 0.29) is 11.9 Å². The van der Waals surface area contributed by atoms with Gasteiger partial charge in [0, 0.05) is 49.0 Å². The summed E-state index contributed by atoms with van der Waals surface area (Å²) in [6.07, 6.45) is 3.94. The molecule has 1 fully saturated rings. The molecule has 8 heteroatoms. The maximum atomic E-state index is 12.9. The predicted molar refractivity (Wildman–Crippen MR) is 105 cm³/mol. The van der Waals surface area contributed by atoms with Crippen molar-refractivity contribution in [2.24, 2.45) is 0 Å². The normalized spacial score (nSPS) is 16.7. The van der Waals surface area contributed by atoms with E-state index in [9.17, 15) is 4.79 Å². The molecule has 140 valence electrons. The third-order valence-corrected chi connectivity index (χ3v) is 5.44. The van der Waals surface area contributed by atoms with Gasteiger partial charge in [0.05, 0.1) is 11.2 Å². The third kappa shape index (κ3) is 4.52. The van der Waals surface area contributed by atoms with Crippen molar-refractivity contribution in [3.05, 3.63) is 51.2 Å². The summed E-state index contributed by atoms with van der Waals surface area (Å²) in [5.41, 5.74) is 1.05. The summed E-state index contributed by atoms with van der Waals surface area (Å²) in [7, 11) is 0. The van der Waals surface area contributed by atoms with E-state index in [0.717, 1.165) is 25.2 Å². The number of nitrogens with zero attached hydrogens (tertiary/aromatic N) is 4. The van der Waals surface area contributed by atoms with E-state index in [4.69, 9.17) is 34.8 Å². The van der Waals surface area contributed by atoms with Crippen LogP contribution in [0.2, 0.25) is 15.1 Å². The zero-order valence-corrected chi connectivity index (χ0v) is 16.8. The first-order valence-electron chi connectivity index (χ1n) is 8.62. The monoisotopic (exact) mass is 414 g/mol. The Morgan fingerprint density at radius 3 is 2.46 bits per heavy atom. The summed E-state index contributed by atoms with van der Waals surface area (Å²) in [5.74, 6) is 0.0939. The van der Waals surface area contributed by atoms with Gasteiger partial charge in [-0.05, 0) is 24.1 Å². The number of aromatic nitrogens is 2. The minimum atomic E-state index is -0.306. The average molecular weight is 416 g/mol. The highest BCUT2D eigenvalue weighted by Gasteiger charge is 2.28. The van der Waals surface area contributed by atoms with Gasteiger partial charge in [-0.15, -0.1) is 0 Å². The minimum absolute atomic E-state index is 0.0939. The molecule has 0 spiro atoms. The van der Waals surface area contributed by atoms with E-state index >= 15 is 0 Å². The van der Waals surface area contributed by atoms with Gasteiger partial charge in [0.2, 0.25) is 5.91 Å². The smallest absolute Gasteiger partial charge is 0.247 e. The average Bonchev–Trinajstić information content (AvgIpc) is 3.04. The van der Waals surface area contributed by atoms with E-state index in [1.807, 2.05) is 24.0 Å². The molecule has 0 radical (unpaired) electrons. The fourth-order valence-electron chi connectivity index (χ4n) is 3.19. The van der Waals surface area contributed by atoms with Crippen molar-refractivity contribution in [2.75, 3.05) is 26.2 Å². The van der Waals surface area contributed by atoms with Crippen LogP contribution in [0, 0.1) is 0 Å². The third-order valence-electron chi connectivity index (χ3n) is 4.65. The van der Waals surface area contributed by atoms with Crippen molar-refractivity contribution >= 4 is 40.7 Å². The van der Waals surface area contributed by atoms with Crippen LogP contribution in [0.4, 0.5) is 0 Å². The molecule has 1 aliphatic heterocycles. The maximum Gasteiger partial charge on any atom is 0.247 e. The SMILES string of the molecule is CCC(C(=O)N1CCN(Cc2ccc(Cl)cc2Cl)CC1)n1cc(Cl)cn1. The second-order valence-corrected chi connectivity index (χ2v) is 7.68. The van der Waals surface area contributed by atoms with E-state index in [2.05, 4.69) is 10.00 Å². The highest BCUT2D eigenvalue weighted by Crippen LogP contribution is 2.23. The first-order valence-corrected chi connectivity index (χ1v) is 9.76. The molecule has 2 aromatic rings. The zero-order chi connectivity index (χ0) is 18.7. The zero-order valence-electron chi connectivity index (χ0n) is 14.5. The van der Waals surface area contributed by atoms with Crippen molar-refractivity contribution in [2.45, 2.75) is 25.9 Å². The molecule has 1 atom stereocenters. The summed E-state index contributed by atoms with van der Waals surface area (Å²) < 4.78 is 1.66. The Morgan fingerprint density at radius 1 is 1.15 bits per heavy atom. The van der Waals surface area contributed by atoms with Gasteiger partial charge in [0.1, 0.15) is 6.04 Å². The summed E-state index contributed by atoms with van der Waals surface area (Å²) >= 11 is 18.1. The fraction of sp³-hybridized carbons (Fsp3) is 0.444. The van der Waals surface area contributed by atoms with E-state index in [1.165, 1.54) is 0 Å². The van der Waals surface area contributed by atoms with Gasteiger partial charge in [-0.1, -0.05) is 47.8 Å². The second-order valence-electron chi connectivity index (χ2n) is 6.40. The van der Waals surface area contributed by atoms with Gasteiger partial charge < -0.3 is 4.90 Å². The second kappa shape index (κ2) is 8.61. The highest BCUT2D eigenvalue weighted by molar-refractivity contribution is 6.35. The predicted octanol–water partition coefficient (Wildman–Crippen LogP) is 4.14. The van der Waals surface area contributed by atoms with Crippen LogP contribution >= 0.6 is 34.8 Å². The lowest BCUT2D eigenvalue weighted by Crippen LogP contribution is -2.50. The van der Waals surface area contributed by atoms with Gasteiger partial charge in [-0.3, -0.25) is 14.4 Å². The van der Waals surface area contributed by atoms with E-state index < -0.39 is 0 Å². The summed E-state index contributed by atoms with van der Waals surface area (Å²) in [5, 5.41) is 6.05. The highest BCUT2D eigenvalue weighted by atomic mass is 35.5. The van der Waals surface area contributed by atoms with Crippen molar-refractivity contribution in [1.29, 1.82) is 0 Å². The largest absolute Gasteiger partial charge is 0.338 e. The lowest BCUT2D eigenvalue weighted by Gasteiger charge is -2.36. The number of halogens is 3. The summed E-state index contributed by atoms with van der Waals surface area (Å²) in [6, 6.07) is 5.26. The van der Waals surface area contributed by atoms with Gasteiger partial charge in [-0.25, -0.2) is 0 Å². The summed E-state index contributed by atoms with van der Waals surface area (Å²) in [4.78, 5) is 17.1. The van der Waals surface area contributed by atoms with Crippen molar-refractivity contribution in [3.8, 4) is 0 Å². The molecule has 0 saturated carbocycles. The molecule has 5 nitrogen and oxygen atoms in total. The van der Waals surface area contributed by atoms with Crippen LogP contribution in [-0.4, -0.2) is 51.7 Å². The van der Waals surface area contributed by atoms with Crippen molar-refractivity contribution in [3.63, 3.8) is 0 Å². The first kappa shape index (κ1) is 19.5. The Bertz CT molecular complexity index is 772. The molecule has 26 heavy (non-hydrogen) atoms. The number of carbonyl (C=O) groups is 1. The molecule has 3 rings (SSSR count). The Hall–Kier alpha value is -1.27. The molecule has 1 amide bonds. The molecule has 0 bridgehead atoms. The molecular formula is C18H21Cl3N4O. The van der Waals surface area contributed by atoms with Crippen LogP contribution in [0.3, 0.4) is 0 Å². The molecule has 0 N–H and O–H groups in total. The Balaban J connectivity index is 1.58. The van der Waals surface area contributed by atoms with E-state index in [1.54, 1.807) is 23.1 Å². The molecule has 1 aromatic carbocycles. The van der Waals surface area contributed by atoms with Crippen LogP contribution in [0.1, 0.15) is 24.9 Å². The standard InChI is InChI=1S/C18H21Cl3N4O/c1-2-17(25-12-15(20)10-22-25)18(26)24-7-5-23(6-8-24)11-13-3-4-14(19)9-16(13)21/h3-4,9-10,12,17H,2,5-8,11H2,1H3. The Morgan fingerprint density at radius 2 is 1.88 bits per heavy atom. The van der Waals surface area contributed by atoms with Crippen LogP contribution in [-0.2, 0) is 11.3 Å². The van der Waals surface area contributed by atoms with Gasteiger partial charge in [0.25, 0.3) is 0 Å². The fourth-order valence-corrected chi connectivity index (χ4v) is 3.80. The number of piperazine rings is 1. The number of amides is 1. The molecule has 0 aliphatic carbocycles. The lowest BCUT2D eigenvalue weighted by molar-refractivity contribution is -0.137. The van der Waals surface area contributed by atoms with Gasteiger partial charge in [-0.2, -0.15) is 5.10 Å². The van der Waals surface area contributed by atoms with Gasteiger partial charge >= 0.3 is 0 Å². The Kier molecular flexibility index (Phi) is 6.46. The first-order chi connectivity index (χ1) is 12.5. The van der Waals surface area contributed by atoms with Crippen LogP contribution < -0.4 is 0 Å².